The molecule has 0 spiro atoms. The Morgan fingerprint density at radius 3 is 1.43 bits per heavy atom. The zero-order valence-electron chi connectivity index (χ0n) is 15.8. The first-order valence-electron chi connectivity index (χ1n) is 10.1. The summed E-state index contributed by atoms with van der Waals surface area (Å²) in [5, 5.41) is 0. The SMILES string of the molecule is C=CCCC(Br)(CCC=C)CCCCCCCCCCCCC. The van der Waals surface area contributed by atoms with Crippen LogP contribution in [0.3, 0.4) is 0 Å². The third-order valence-corrected chi connectivity index (χ3v) is 6.01. The molecule has 0 nitrogen and oxygen atoms in total. The second kappa shape index (κ2) is 16.8. The predicted molar refractivity (Wildman–Crippen MR) is 112 cm³/mol. The molecule has 0 radical (unpaired) electrons. The maximum Gasteiger partial charge on any atom is 0.0264 e. The summed E-state index contributed by atoms with van der Waals surface area (Å²) in [6.07, 6.45) is 25.7. The number of allylic oxidation sites excluding steroid dienone is 2. The second-order valence-electron chi connectivity index (χ2n) is 7.09. The van der Waals surface area contributed by atoms with Gasteiger partial charge in [0.2, 0.25) is 0 Å². The molecule has 0 saturated carbocycles. The molecule has 0 aliphatic heterocycles. The van der Waals surface area contributed by atoms with E-state index in [9.17, 15) is 0 Å². The second-order valence-corrected chi connectivity index (χ2v) is 8.77. The summed E-state index contributed by atoms with van der Waals surface area (Å²) in [6, 6.07) is 0. The zero-order chi connectivity index (χ0) is 17.2. The van der Waals surface area contributed by atoms with Crippen LogP contribution in [0.25, 0.3) is 0 Å². The Hall–Kier alpha value is -0.0400. The van der Waals surface area contributed by atoms with Gasteiger partial charge in [0.05, 0.1) is 0 Å². The monoisotopic (exact) mass is 384 g/mol. The van der Waals surface area contributed by atoms with Crippen molar-refractivity contribution in [3.05, 3.63) is 25.3 Å². The lowest BCUT2D eigenvalue weighted by Gasteiger charge is -2.27. The minimum absolute atomic E-state index is 0.314. The molecule has 0 aromatic rings. The number of alkyl halides is 1. The van der Waals surface area contributed by atoms with Gasteiger partial charge in [-0.05, 0) is 32.1 Å². The summed E-state index contributed by atoms with van der Waals surface area (Å²) in [7, 11) is 0. The van der Waals surface area contributed by atoms with E-state index in [1.165, 1.54) is 89.9 Å². The normalized spacial score (nSPS) is 11.6. The highest BCUT2D eigenvalue weighted by atomic mass is 79.9. The van der Waals surface area contributed by atoms with Crippen LogP contribution in [0.1, 0.15) is 110 Å². The van der Waals surface area contributed by atoms with Crippen LogP contribution < -0.4 is 0 Å². The highest BCUT2D eigenvalue weighted by Crippen LogP contribution is 2.35. The first-order valence-corrected chi connectivity index (χ1v) is 10.9. The third-order valence-electron chi connectivity index (χ3n) is 4.82. The standard InChI is InChI=1S/C22H41Br/c1-4-7-10-11-12-13-14-15-16-17-18-21-22(23,19-8-5-2)20-9-6-3/h5-6H,2-4,7-21H2,1H3. The molecule has 23 heavy (non-hydrogen) atoms. The Balaban J connectivity index is 3.57. The summed E-state index contributed by atoms with van der Waals surface area (Å²) in [5.74, 6) is 0. The van der Waals surface area contributed by atoms with Crippen molar-refractivity contribution in [2.75, 3.05) is 0 Å². The third kappa shape index (κ3) is 15.2. The van der Waals surface area contributed by atoms with E-state index < -0.39 is 0 Å². The molecule has 0 fully saturated rings. The Kier molecular flexibility index (Phi) is 16.8. The van der Waals surface area contributed by atoms with Gasteiger partial charge in [-0.3, -0.25) is 0 Å². The predicted octanol–water partition coefficient (Wildman–Crippen LogP) is 8.75. The lowest BCUT2D eigenvalue weighted by molar-refractivity contribution is 0.453. The van der Waals surface area contributed by atoms with E-state index in [2.05, 4.69) is 36.0 Å². The molecule has 0 amide bonds. The molecule has 0 aromatic heterocycles. The van der Waals surface area contributed by atoms with Crippen molar-refractivity contribution in [2.24, 2.45) is 0 Å². The molecule has 0 aliphatic rings. The molecular formula is C22H41Br. The molecule has 0 saturated heterocycles. The fourth-order valence-corrected chi connectivity index (χ4v) is 3.94. The average molecular weight is 385 g/mol. The summed E-state index contributed by atoms with van der Waals surface area (Å²) in [5.41, 5.74) is 0. The van der Waals surface area contributed by atoms with Crippen molar-refractivity contribution in [3.63, 3.8) is 0 Å². The Morgan fingerprint density at radius 1 is 0.652 bits per heavy atom. The van der Waals surface area contributed by atoms with Crippen LogP contribution in [-0.2, 0) is 0 Å². The first kappa shape index (κ1) is 23.0. The summed E-state index contributed by atoms with van der Waals surface area (Å²) < 4.78 is 0.314. The molecule has 0 aromatic carbocycles. The van der Waals surface area contributed by atoms with E-state index in [1.807, 2.05) is 12.2 Å². The van der Waals surface area contributed by atoms with Crippen molar-refractivity contribution >= 4 is 15.9 Å². The van der Waals surface area contributed by atoms with Crippen LogP contribution in [0, 0.1) is 0 Å². The lowest BCUT2D eigenvalue weighted by Crippen LogP contribution is -2.20. The average Bonchev–Trinajstić information content (AvgIpc) is 2.56. The number of halogens is 1. The highest BCUT2D eigenvalue weighted by molar-refractivity contribution is 9.10. The zero-order valence-corrected chi connectivity index (χ0v) is 17.3. The van der Waals surface area contributed by atoms with Crippen molar-refractivity contribution in [1.29, 1.82) is 0 Å². The molecular weight excluding hydrogens is 344 g/mol. The van der Waals surface area contributed by atoms with Gasteiger partial charge >= 0.3 is 0 Å². The van der Waals surface area contributed by atoms with Gasteiger partial charge in [0, 0.05) is 4.32 Å². The minimum Gasteiger partial charge on any atom is -0.103 e. The fraction of sp³-hybridized carbons (Fsp3) is 0.818. The quantitative estimate of drug-likeness (QED) is 0.126. The van der Waals surface area contributed by atoms with Gasteiger partial charge in [-0.2, -0.15) is 0 Å². The van der Waals surface area contributed by atoms with Gasteiger partial charge < -0.3 is 0 Å². The van der Waals surface area contributed by atoms with E-state index in [-0.39, 0.29) is 0 Å². The van der Waals surface area contributed by atoms with Crippen molar-refractivity contribution < 1.29 is 0 Å². The van der Waals surface area contributed by atoms with Gasteiger partial charge in [-0.1, -0.05) is 106 Å². The molecule has 0 atom stereocenters. The maximum atomic E-state index is 4.02. The molecule has 136 valence electrons. The first-order chi connectivity index (χ1) is 11.2. The van der Waals surface area contributed by atoms with Crippen LogP contribution >= 0.6 is 15.9 Å². The summed E-state index contributed by atoms with van der Waals surface area (Å²) in [6.45, 7) is 10.0. The van der Waals surface area contributed by atoms with Crippen molar-refractivity contribution in [3.8, 4) is 0 Å². The molecule has 1 heteroatoms. The van der Waals surface area contributed by atoms with Crippen molar-refractivity contribution in [2.45, 2.75) is 114 Å². The molecule has 0 rings (SSSR count). The number of unbranched alkanes of at least 4 members (excludes halogenated alkanes) is 10. The van der Waals surface area contributed by atoms with E-state index in [0.29, 0.717) is 4.32 Å². The van der Waals surface area contributed by atoms with Crippen LogP contribution in [0.15, 0.2) is 25.3 Å². The van der Waals surface area contributed by atoms with Crippen molar-refractivity contribution in [1.82, 2.24) is 0 Å². The van der Waals surface area contributed by atoms with Gasteiger partial charge in [-0.15, -0.1) is 13.2 Å². The van der Waals surface area contributed by atoms with Gasteiger partial charge in [-0.25, -0.2) is 0 Å². The molecule has 0 bridgehead atoms. The maximum absolute atomic E-state index is 4.02. The van der Waals surface area contributed by atoms with E-state index in [0.717, 1.165) is 12.8 Å². The number of hydrogen-bond donors (Lipinski definition) is 0. The fourth-order valence-electron chi connectivity index (χ4n) is 3.20. The lowest BCUT2D eigenvalue weighted by atomic mass is 9.91. The molecule has 0 unspecified atom stereocenters. The minimum atomic E-state index is 0.314. The van der Waals surface area contributed by atoms with Crippen LogP contribution in [0.2, 0.25) is 0 Å². The largest absolute Gasteiger partial charge is 0.103 e. The Labute approximate surface area is 155 Å². The van der Waals surface area contributed by atoms with Crippen LogP contribution in [-0.4, -0.2) is 4.32 Å². The molecule has 0 heterocycles. The summed E-state index contributed by atoms with van der Waals surface area (Å²) >= 11 is 4.02. The van der Waals surface area contributed by atoms with E-state index >= 15 is 0 Å². The summed E-state index contributed by atoms with van der Waals surface area (Å²) in [4.78, 5) is 0. The van der Waals surface area contributed by atoms with Gasteiger partial charge in [0.1, 0.15) is 0 Å². The molecule has 0 aliphatic carbocycles. The van der Waals surface area contributed by atoms with Gasteiger partial charge in [0.25, 0.3) is 0 Å². The van der Waals surface area contributed by atoms with Gasteiger partial charge in [0.15, 0.2) is 0 Å². The smallest absolute Gasteiger partial charge is 0.0264 e. The highest BCUT2D eigenvalue weighted by Gasteiger charge is 2.24. The molecule has 0 N–H and O–H groups in total. The van der Waals surface area contributed by atoms with Crippen LogP contribution in [0.4, 0.5) is 0 Å². The topological polar surface area (TPSA) is 0 Å². The number of hydrogen-bond acceptors (Lipinski definition) is 0. The Bertz CT molecular complexity index is 257. The van der Waals surface area contributed by atoms with E-state index in [1.54, 1.807) is 0 Å². The number of rotatable bonds is 18. The van der Waals surface area contributed by atoms with E-state index in [4.69, 9.17) is 0 Å². The Morgan fingerprint density at radius 2 is 1.04 bits per heavy atom. The van der Waals surface area contributed by atoms with Crippen LogP contribution in [0.5, 0.6) is 0 Å².